The predicted octanol–water partition coefficient (Wildman–Crippen LogP) is 6.99. The van der Waals surface area contributed by atoms with Crippen LogP contribution in [0.1, 0.15) is 20.7 Å². The Bertz CT molecular complexity index is 1470. The van der Waals surface area contributed by atoms with E-state index in [1.54, 1.807) is 52.7 Å². The molecule has 0 atom stereocenters. The van der Waals surface area contributed by atoms with E-state index in [1.165, 1.54) is 0 Å². The first-order chi connectivity index (χ1) is 18.6. The van der Waals surface area contributed by atoms with Gasteiger partial charge in [-0.25, -0.2) is 0 Å². The third kappa shape index (κ3) is 4.10. The van der Waals surface area contributed by atoms with Crippen molar-refractivity contribution in [3.8, 4) is 45.3 Å². The van der Waals surface area contributed by atoms with Gasteiger partial charge in [0.2, 0.25) is 0 Å². The third-order valence-corrected chi connectivity index (χ3v) is 6.80. The molecule has 38 heavy (non-hydrogen) atoms. The van der Waals surface area contributed by atoms with E-state index < -0.39 is 0 Å². The summed E-state index contributed by atoms with van der Waals surface area (Å²) in [5, 5.41) is 3.71. The number of ether oxygens (including phenoxy) is 4. The summed E-state index contributed by atoms with van der Waals surface area (Å²) in [4.78, 5) is 22.7. The van der Waals surface area contributed by atoms with Crippen LogP contribution in [-0.4, -0.2) is 41.0 Å². The van der Waals surface area contributed by atoms with Gasteiger partial charge in [-0.2, -0.15) is 0 Å². The lowest BCUT2D eigenvalue weighted by atomic mass is 9.85. The fourth-order valence-corrected chi connectivity index (χ4v) is 4.95. The second kappa shape index (κ2) is 10.3. The number of hydrogen-bond acceptors (Lipinski definition) is 6. The van der Waals surface area contributed by atoms with Crippen molar-refractivity contribution in [1.29, 1.82) is 0 Å². The minimum absolute atomic E-state index is 0.591. The third-order valence-electron chi connectivity index (χ3n) is 6.80. The summed E-state index contributed by atoms with van der Waals surface area (Å²) in [6.07, 6.45) is 1.65. The van der Waals surface area contributed by atoms with Gasteiger partial charge in [-0.15, -0.1) is 0 Å². The molecule has 0 aliphatic heterocycles. The highest BCUT2D eigenvalue weighted by atomic mass is 16.5. The molecule has 5 aromatic rings. The van der Waals surface area contributed by atoms with Crippen molar-refractivity contribution >= 4 is 34.1 Å². The van der Waals surface area contributed by atoms with Crippen LogP contribution < -0.4 is 18.9 Å². The quantitative estimate of drug-likeness (QED) is 0.167. The zero-order chi connectivity index (χ0) is 26.8. The molecule has 5 rings (SSSR count). The normalized spacial score (nSPS) is 10.8. The summed E-state index contributed by atoms with van der Waals surface area (Å²) in [5.41, 5.74) is 4.92. The molecule has 0 fully saturated rings. The summed E-state index contributed by atoms with van der Waals surface area (Å²) in [6, 6.07) is 22.8. The van der Waals surface area contributed by atoms with Crippen molar-refractivity contribution in [2.45, 2.75) is 0 Å². The Labute approximate surface area is 220 Å². The summed E-state index contributed by atoms with van der Waals surface area (Å²) >= 11 is 0. The maximum Gasteiger partial charge on any atom is 0.161 e. The molecule has 5 aromatic carbocycles. The standard InChI is InChI=1S/C32H26O6/c1-35-27-13-23-24(14-28(27)36-2)32(22-11-7-20(18-34)8-12-22)26-16-30(38-4)29(37-3)15-25(26)31(23)21-9-5-19(17-33)6-10-21/h5-18H,1-4H3. The molecule has 0 saturated heterocycles. The number of carbonyl (C=O) groups is 2. The second-order valence-corrected chi connectivity index (χ2v) is 8.74. The van der Waals surface area contributed by atoms with Crippen LogP contribution in [0.3, 0.4) is 0 Å². The van der Waals surface area contributed by atoms with Crippen LogP contribution >= 0.6 is 0 Å². The molecule has 0 bridgehead atoms. The fraction of sp³-hybridized carbons (Fsp3) is 0.125. The van der Waals surface area contributed by atoms with Crippen molar-refractivity contribution in [2.75, 3.05) is 28.4 Å². The highest BCUT2D eigenvalue weighted by Gasteiger charge is 2.22. The molecule has 6 nitrogen and oxygen atoms in total. The number of methoxy groups -OCH3 is 4. The minimum atomic E-state index is 0.591. The Morgan fingerprint density at radius 1 is 0.447 bits per heavy atom. The van der Waals surface area contributed by atoms with Crippen molar-refractivity contribution in [3.05, 3.63) is 83.9 Å². The van der Waals surface area contributed by atoms with Crippen LogP contribution in [-0.2, 0) is 0 Å². The van der Waals surface area contributed by atoms with Gasteiger partial charge in [0.05, 0.1) is 28.4 Å². The molecule has 6 heteroatoms. The number of hydrogen-bond donors (Lipinski definition) is 0. The van der Waals surface area contributed by atoms with Crippen molar-refractivity contribution in [1.82, 2.24) is 0 Å². The summed E-state index contributed by atoms with van der Waals surface area (Å²) in [6.45, 7) is 0. The Morgan fingerprint density at radius 2 is 0.711 bits per heavy atom. The molecule has 0 spiro atoms. The van der Waals surface area contributed by atoms with Gasteiger partial charge >= 0.3 is 0 Å². The first kappa shape index (κ1) is 24.8. The molecule has 0 radical (unpaired) electrons. The summed E-state index contributed by atoms with van der Waals surface area (Å²) in [5.74, 6) is 2.36. The largest absolute Gasteiger partial charge is 0.493 e. The molecule has 0 saturated carbocycles. The van der Waals surface area contributed by atoms with Gasteiger partial charge in [-0.05, 0) is 68.1 Å². The topological polar surface area (TPSA) is 71.1 Å². The van der Waals surface area contributed by atoms with Gasteiger partial charge in [0.1, 0.15) is 12.6 Å². The molecule has 0 heterocycles. The number of carbonyl (C=O) groups excluding carboxylic acids is 2. The van der Waals surface area contributed by atoms with Crippen LogP contribution in [0, 0.1) is 0 Å². The van der Waals surface area contributed by atoms with Gasteiger partial charge < -0.3 is 18.9 Å². The Balaban J connectivity index is 2.03. The van der Waals surface area contributed by atoms with E-state index >= 15 is 0 Å². The zero-order valence-electron chi connectivity index (χ0n) is 21.5. The highest BCUT2D eigenvalue weighted by Crippen LogP contribution is 2.49. The fourth-order valence-electron chi connectivity index (χ4n) is 4.95. The van der Waals surface area contributed by atoms with Gasteiger partial charge in [-0.3, -0.25) is 9.59 Å². The summed E-state index contributed by atoms with van der Waals surface area (Å²) in [7, 11) is 6.43. The van der Waals surface area contributed by atoms with Crippen molar-refractivity contribution in [2.24, 2.45) is 0 Å². The molecule has 0 N–H and O–H groups in total. The van der Waals surface area contributed by atoms with Crippen molar-refractivity contribution < 1.29 is 28.5 Å². The smallest absolute Gasteiger partial charge is 0.161 e. The molecule has 0 amide bonds. The second-order valence-electron chi connectivity index (χ2n) is 8.74. The number of aldehydes is 2. The van der Waals surface area contributed by atoms with Crippen LogP contribution in [0.5, 0.6) is 23.0 Å². The molecular formula is C32H26O6. The van der Waals surface area contributed by atoms with E-state index in [9.17, 15) is 9.59 Å². The Hall–Kier alpha value is -4.84. The molecule has 0 aliphatic carbocycles. The average molecular weight is 507 g/mol. The van der Waals surface area contributed by atoms with Crippen molar-refractivity contribution in [3.63, 3.8) is 0 Å². The number of rotatable bonds is 8. The molecule has 190 valence electrons. The molecule has 0 unspecified atom stereocenters. The van der Waals surface area contributed by atoms with Crippen LogP contribution in [0.4, 0.5) is 0 Å². The first-order valence-corrected chi connectivity index (χ1v) is 12.0. The number of fused-ring (bicyclic) bond motifs is 2. The van der Waals surface area contributed by atoms with Gasteiger partial charge in [0, 0.05) is 11.1 Å². The molecule has 0 aromatic heterocycles. The van der Waals surface area contributed by atoms with Gasteiger partial charge in [0.25, 0.3) is 0 Å². The lowest BCUT2D eigenvalue weighted by Gasteiger charge is -2.21. The van der Waals surface area contributed by atoms with E-state index in [2.05, 4.69) is 0 Å². The zero-order valence-corrected chi connectivity index (χ0v) is 21.5. The Morgan fingerprint density at radius 3 is 0.921 bits per heavy atom. The summed E-state index contributed by atoms with van der Waals surface area (Å²) < 4.78 is 22.7. The Kier molecular flexibility index (Phi) is 6.71. The van der Waals surface area contributed by atoms with Gasteiger partial charge in [-0.1, -0.05) is 48.5 Å². The van der Waals surface area contributed by atoms with Crippen LogP contribution in [0.25, 0.3) is 43.8 Å². The SMILES string of the molecule is COc1cc2c(-c3ccc(C=O)cc3)c3cc(OC)c(OC)cc3c(-c3ccc(C=O)cc3)c2cc1OC. The lowest BCUT2D eigenvalue weighted by Crippen LogP contribution is -1.97. The highest BCUT2D eigenvalue weighted by molar-refractivity contribution is 6.22. The maximum atomic E-state index is 11.4. The first-order valence-electron chi connectivity index (χ1n) is 12.0. The van der Waals surface area contributed by atoms with E-state index in [0.717, 1.165) is 56.4 Å². The molecular weight excluding hydrogens is 480 g/mol. The van der Waals surface area contributed by atoms with E-state index in [-0.39, 0.29) is 0 Å². The van der Waals surface area contributed by atoms with E-state index in [0.29, 0.717) is 34.1 Å². The minimum Gasteiger partial charge on any atom is -0.493 e. The van der Waals surface area contributed by atoms with Gasteiger partial charge in [0.15, 0.2) is 23.0 Å². The monoisotopic (exact) mass is 506 g/mol. The lowest BCUT2D eigenvalue weighted by molar-refractivity contribution is 0.111. The average Bonchev–Trinajstić information content (AvgIpc) is 2.98. The molecule has 0 aliphatic rings. The van der Waals surface area contributed by atoms with Crippen LogP contribution in [0.2, 0.25) is 0 Å². The van der Waals surface area contributed by atoms with Crippen LogP contribution in [0.15, 0.2) is 72.8 Å². The van der Waals surface area contributed by atoms with E-state index in [1.807, 2.05) is 48.5 Å². The predicted molar refractivity (Wildman–Crippen MR) is 149 cm³/mol. The maximum absolute atomic E-state index is 11.4. The number of benzene rings is 5. The van der Waals surface area contributed by atoms with E-state index in [4.69, 9.17) is 18.9 Å².